The van der Waals surface area contributed by atoms with Crippen LogP contribution in [0.25, 0.3) is 0 Å². The van der Waals surface area contributed by atoms with E-state index in [1.54, 1.807) is 0 Å². The number of rotatable bonds is 2. The highest BCUT2D eigenvalue weighted by molar-refractivity contribution is 5.00. The smallest absolute Gasteiger partial charge is 0.0822 e. The maximum atomic E-state index is 4.08. The molecule has 13 heavy (non-hydrogen) atoms. The van der Waals surface area contributed by atoms with Crippen molar-refractivity contribution in [1.29, 1.82) is 0 Å². The summed E-state index contributed by atoms with van der Waals surface area (Å²) in [7, 11) is 0. The Bertz CT molecular complexity index is 263. The minimum Gasteiger partial charge on any atom is -0.313 e. The minimum atomic E-state index is 0.983. The standard InChI is InChI=1S/C8H15N5/c1-2-8-7-10-11-13(8)12-5-3-9-4-6-12/h7,9H,2-6H2,1H3. The summed E-state index contributed by atoms with van der Waals surface area (Å²) in [6, 6.07) is 0. The van der Waals surface area contributed by atoms with Crippen LogP contribution >= 0.6 is 0 Å². The van der Waals surface area contributed by atoms with Gasteiger partial charge in [0, 0.05) is 26.2 Å². The predicted molar refractivity (Wildman–Crippen MR) is 50.2 cm³/mol. The molecule has 0 spiro atoms. The van der Waals surface area contributed by atoms with E-state index in [4.69, 9.17) is 0 Å². The van der Waals surface area contributed by atoms with Crippen LogP contribution < -0.4 is 10.3 Å². The molecule has 1 aliphatic heterocycles. The highest BCUT2D eigenvalue weighted by Gasteiger charge is 2.12. The largest absolute Gasteiger partial charge is 0.313 e. The van der Waals surface area contributed by atoms with Gasteiger partial charge in [-0.2, -0.15) is 4.79 Å². The van der Waals surface area contributed by atoms with Crippen LogP contribution in [0.1, 0.15) is 12.6 Å². The van der Waals surface area contributed by atoms with E-state index >= 15 is 0 Å². The van der Waals surface area contributed by atoms with Gasteiger partial charge in [0.15, 0.2) is 0 Å². The van der Waals surface area contributed by atoms with E-state index in [9.17, 15) is 0 Å². The summed E-state index contributed by atoms with van der Waals surface area (Å²) in [5, 5.41) is 13.5. The first-order valence-corrected chi connectivity index (χ1v) is 4.77. The van der Waals surface area contributed by atoms with Crippen molar-refractivity contribution >= 4 is 0 Å². The van der Waals surface area contributed by atoms with Crippen LogP contribution in [0.15, 0.2) is 6.20 Å². The molecule has 0 bridgehead atoms. The summed E-state index contributed by atoms with van der Waals surface area (Å²) in [4.78, 5) is 1.93. The summed E-state index contributed by atoms with van der Waals surface area (Å²) in [6.45, 7) is 6.20. The fourth-order valence-corrected chi connectivity index (χ4v) is 1.56. The van der Waals surface area contributed by atoms with Crippen molar-refractivity contribution in [3.63, 3.8) is 0 Å². The fraction of sp³-hybridized carbons (Fsp3) is 0.750. The van der Waals surface area contributed by atoms with E-state index in [1.807, 2.05) is 11.0 Å². The van der Waals surface area contributed by atoms with Gasteiger partial charge in [0.25, 0.3) is 0 Å². The molecule has 2 heterocycles. The molecule has 1 aromatic heterocycles. The predicted octanol–water partition coefficient (Wildman–Crippen LogP) is -0.618. The average Bonchev–Trinajstić information content (AvgIpc) is 2.67. The van der Waals surface area contributed by atoms with Crippen molar-refractivity contribution in [3.05, 3.63) is 11.9 Å². The Morgan fingerprint density at radius 2 is 2.23 bits per heavy atom. The van der Waals surface area contributed by atoms with E-state index in [1.165, 1.54) is 5.69 Å². The van der Waals surface area contributed by atoms with Crippen LogP contribution in [-0.2, 0) is 6.42 Å². The van der Waals surface area contributed by atoms with E-state index in [-0.39, 0.29) is 0 Å². The zero-order valence-electron chi connectivity index (χ0n) is 7.90. The molecular formula is C8H15N5. The monoisotopic (exact) mass is 181 g/mol. The summed E-state index contributed by atoms with van der Waals surface area (Å²) >= 11 is 0. The van der Waals surface area contributed by atoms with Crippen molar-refractivity contribution in [3.8, 4) is 0 Å². The second kappa shape index (κ2) is 3.74. The van der Waals surface area contributed by atoms with E-state index < -0.39 is 0 Å². The molecular weight excluding hydrogens is 166 g/mol. The molecule has 72 valence electrons. The first-order valence-electron chi connectivity index (χ1n) is 4.77. The average molecular weight is 181 g/mol. The van der Waals surface area contributed by atoms with E-state index in [0.717, 1.165) is 32.6 Å². The summed E-state index contributed by atoms with van der Waals surface area (Å²) in [5.74, 6) is 0. The zero-order valence-corrected chi connectivity index (χ0v) is 7.90. The highest BCUT2D eigenvalue weighted by Crippen LogP contribution is 1.99. The molecule has 2 rings (SSSR count). The van der Waals surface area contributed by atoms with Gasteiger partial charge in [-0.3, -0.25) is 5.01 Å². The normalized spacial score (nSPS) is 17.8. The Balaban J connectivity index is 2.13. The summed E-state index contributed by atoms with van der Waals surface area (Å²) in [6.07, 6.45) is 2.82. The lowest BCUT2D eigenvalue weighted by atomic mass is 10.4. The van der Waals surface area contributed by atoms with Crippen molar-refractivity contribution in [2.24, 2.45) is 0 Å². The van der Waals surface area contributed by atoms with Gasteiger partial charge < -0.3 is 5.32 Å². The summed E-state index contributed by atoms with van der Waals surface area (Å²) in [5.41, 5.74) is 1.18. The second-order valence-electron chi connectivity index (χ2n) is 3.17. The molecule has 0 atom stereocenters. The molecule has 1 saturated heterocycles. The van der Waals surface area contributed by atoms with Gasteiger partial charge in [-0.25, -0.2) is 0 Å². The first-order chi connectivity index (χ1) is 6.42. The molecule has 1 aliphatic rings. The Morgan fingerprint density at radius 1 is 1.46 bits per heavy atom. The van der Waals surface area contributed by atoms with Crippen molar-refractivity contribution in [2.45, 2.75) is 13.3 Å². The van der Waals surface area contributed by atoms with Gasteiger partial charge in [0.2, 0.25) is 0 Å². The van der Waals surface area contributed by atoms with Gasteiger partial charge in [-0.1, -0.05) is 6.92 Å². The van der Waals surface area contributed by atoms with Crippen molar-refractivity contribution in [1.82, 2.24) is 20.4 Å². The molecule has 1 fully saturated rings. The van der Waals surface area contributed by atoms with E-state index in [0.29, 0.717) is 0 Å². The highest BCUT2D eigenvalue weighted by atomic mass is 15.7. The molecule has 0 amide bonds. The Hall–Kier alpha value is -1.10. The third-order valence-electron chi connectivity index (χ3n) is 2.32. The number of nitrogens with zero attached hydrogens (tertiary/aromatic N) is 4. The number of hydrogen-bond donors (Lipinski definition) is 1. The molecule has 0 saturated carbocycles. The van der Waals surface area contributed by atoms with Gasteiger partial charge in [-0.05, 0) is 11.6 Å². The zero-order chi connectivity index (χ0) is 9.10. The SMILES string of the molecule is CCc1cnnn1N1CCNCC1. The lowest BCUT2D eigenvalue weighted by Gasteiger charge is -2.29. The van der Waals surface area contributed by atoms with Gasteiger partial charge in [-0.15, -0.1) is 5.10 Å². The van der Waals surface area contributed by atoms with Gasteiger partial charge in [0.1, 0.15) is 0 Å². The van der Waals surface area contributed by atoms with E-state index in [2.05, 4.69) is 27.6 Å². The van der Waals surface area contributed by atoms with Crippen LogP contribution in [0, 0.1) is 0 Å². The Morgan fingerprint density at radius 3 is 2.92 bits per heavy atom. The van der Waals surface area contributed by atoms with Crippen molar-refractivity contribution in [2.75, 3.05) is 31.2 Å². The number of aromatic nitrogens is 3. The minimum absolute atomic E-state index is 0.983. The molecule has 0 aliphatic carbocycles. The third-order valence-corrected chi connectivity index (χ3v) is 2.32. The molecule has 5 nitrogen and oxygen atoms in total. The molecule has 5 heteroatoms. The maximum Gasteiger partial charge on any atom is 0.0822 e. The second-order valence-corrected chi connectivity index (χ2v) is 3.17. The van der Waals surface area contributed by atoms with Crippen LogP contribution in [0.4, 0.5) is 0 Å². The first kappa shape index (κ1) is 8.50. The Labute approximate surface area is 77.7 Å². The molecule has 1 N–H and O–H groups in total. The van der Waals surface area contributed by atoms with Gasteiger partial charge in [0.05, 0.1) is 11.9 Å². The Kier molecular flexibility index (Phi) is 2.44. The van der Waals surface area contributed by atoms with Crippen LogP contribution in [0.2, 0.25) is 0 Å². The summed E-state index contributed by atoms with van der Waals surface area (Å²) < 4.78 is 0. The fourth-order valence-electron chi connectivity index (χ4n) is 1.56. The van der Waals surface area contributed by atoms with Crippen LogP contribution in [0.5, 0.6) is 0 Å². The van der Waals surface area contributed by atoms with Gasteiger partial charge >= 0.3 is 0 Å². The number of piperazine rings is 1. The number of aryl methyl sites for hydroxylation is 1. The number of hydrogen-bond acceptors (Lipinski definition) is 4. The lowest BCUT2D eigenvalue weighted by Crippen LogP contribution is -2.50. The maximum absolute atomic E-state index is 4.08. The topological polar surface area (TPSA) is 46.0 Å². The molecule has 0 unspecified atom stereocenters. The van der Waals surface area contributed by atoms with Crippen molar-refractivity contribution < 1.29 is 0 Å². The molecule has 0 aromatic carbocycles. The molecule has 1 aromatic rings. The molecule has 0 radical (unpaired) electrons. The van der Waals surface area contributed by atoms with Crippen LogP contribution in [0.3, 0.4) is 0 Å². The van der Waals surface area contributed by atoms with Crippen LogP contribution in [-0.4, -0.2) is 41.3 Å². The third kappa shape index (κ3) is 1.65. The lowest BCUT2D eigenvalue weighted by molar-refractivity contribution is 0.442. The quantitative estimate of drug-likeness (QED) is 0.660. The number of nitrogens with one attached hydrogen (secondary N) is 1.